The van der Waals surface area contributed by atoms with Crippen molar-refractivity contribution in [2.24, 2.45) is 0 Å². The zero-order valence-corrected chi connectivity index (χ0v) is 16.1. The van der Waals surface area contributed by atoms with E-state index in [1.165, 1.54) is 17.1 Å². The fraction of sp³-hybridized carbons (Fsp3) is 0.684. The van der Waals surface area contributed by atoms with Crippen molar-refractivity contribution in [1.82, 2.24) is 14.7 Å². The first kappa shape index (κ1) is 19.0. The topological polar surface area (TPSA) is 39.2 Å². The third-order valence-electron chi connectivity index (χ3n) is 4.97. The summed E-state index contributed by atoms with van der Waals surface area (Å²) in [7, 11) is 2.18. The van der Waals surface area contributed by atoms with Gasteiger partial charge in [-0.25, -0.2) is 0 Å². The van der Waals surface area contributed by atoms with Gasteiger partial charge in [0.1, 0.15) is 18.5 Å². The van der Waals surface area contributed by atoms with E-state index in [2.05, 4.69) is 33.9 Å². The van der Waals surface area contributed by atoms with E-state index >= 15 is 0 Å². The largest absolute Gasteiger partial charge is 0.491 e. The summed E-state index contributed by atoms with van der Waals surface area (Å²) >= 11 is 1.99. The SMILES string of the molecule is CN1CCN(Cc2ccccc2OC[C@H](O)CN2CCSCC2)CC1. The predicted molar refractivity (Wildman–Crippen MR) is 104 cm³/mol. The van der Waals surface area contributed by atoms with Crippen LogP contribution in [0.5, 0.6) is 5.75 Å². The molecule has 0 amide bonds. The van der Waals surface area contributed by atoms with Gasteiger partial charge in [-0.2, -0.15) is 11.8 Å². The van der Waals surface area contributed by atoms with Gasteiger partial charge in [-0.15, -0.1) is 0 Å². The molecular formula is C19H31N3O2S. The Kier molecular flexibility index (Phi) is 7.43. The first-order valence-corrected chi connectivity index (χ1v) is 10.5. The number of thioether (sulfide) groups is 1. The van der Waals surface area contributed by atoms with E-state index in [-0.39, 0.29) is 0 Å². The normalized spacial score (nSPS) is 22.0. The molecular weight excluding hydrogens is 334 g/mol. The van der Waals surface area contributed by atoms with Gasteiger partial charge in [0.05, 0.1) is 0 Å². The predicted octanol–water partition coefficient (Wildman–Crippen LogP) is 1.22. The molecule has 1 atom stereocenters. The molecule has 2 saturated heterocycles. The highest BCUT2D eigenvalue weighted by atomic mass is 32.2. The van der Waals surface area contributed by atoms with Crippen LogP contribution in [-0.4, -0.2) is 96.9 Å². The summed E-state index contributed by atoms with van der Waals surface area (Å²) in [5.41, 5.74) is 1.22. The monoisotopic (exact) mass is 365 g/mol. The van der Waals surface area contributed by atoms with Gasteiger partial charge >= 0.3 is 0 Å². The standard InChI is InChI=1S/C19H31N3O2S/c1-20-6-8-21(9-7-20)14-17-4-2-3-5-19(17)24-16-18(23)15-22-10-12-25-13-11-22/h2-5,18,23H,6-16H2,1H3/t18-/m1/s1. The molecule has 1 aromatic rings. The number of β-amino-alcohol motifs (C(OH)–C–C–N with tert-alkyl or cyclic N) is 1. The van der Waals surface area contributed by atoms with Gasteiger partial charge < -0.3 is 14.7 Å². The lowest BCUT2D eigenvalue weighted by Gasteiger charge is -2.32. The van der Waals surface area contributed by atoms with Crippen LogP contribution in [-0.2, 0) is 6.54 Å². The van der Waals surface area contributed by atoms with E-state index in [4.69, 9.17) is 4.74 Å². The van der Waals surface area contributed by atoms with Crippen molar-refractivity contribution >= 4 is 11.8 Å². The number of rotatable bonds is 7. The summed E-state index contributed by atoms with van der Waals surface area (Å²) in [6.07, 6.45) is -0.431. The minimum Gasteiger partial charge on any atom is -0.491 e. The molecule has 2 aliphatic heterocycles. The van der Waals surface area contributed by atoms with Crippen LogP contribution in [0.2, 0.25) is 0 Å². The molecule has 140 valence electrons. The number of benzene rings is 1. The molecule has 0 radical (unpaired) electrons. The molecule has 1 N–H and O–H groups in total. The van der Waals surface area contributed by atoms with Gasteiger partial charge in [-0.1, -0.05) is 18.2 Å². The first-order valence-electron chi connectivity index (χ1n) is 9.30. The maximum Gasteiger partial charge on any atom is 0.123 e. The van der Waals surface area contributed by atoms with Crippen molar-refractivity contribution in [3.05, 3.63) is 29.8 Å². The number of para-hydroxylation sites is 1. The Hall–Kier alpha value is -0.790. The Morgan fingerprint density at radius 1 is 1.04 bits per heavy atom. The van der Waals surface area contributed by atoms with Crippen LogP contribution in [0.3, 0.4) is 0 Å². The zero-order chi connectivity index (χ0) is 17.5. The maximum atomic E-state index is 10.3. The molecule has 25 heavy (non-hydrogen) atoms. The average Bonchev–Trinajstić information content (AvgIpc) is 2.64. The third kappa shape index (κ3) is 6.15. The fourth-order valence-electron chi connectivity index (χ4n) is 3.34. The van der Waals surface area contributed by atoms with Crippen LogP contribution in [0.15, 0.2) is 24.3 Å². The summed E-state index contributed by atoms with van der Waals surface area (Å²) in [6, 6.07) is 8.24. The van der Waals surface area contributed by atoms with Crippen molar-refractivity contribution in [3.8, 4) is 5.75 Å². The molecule has 0 spiro atoms. The Morgan fingerprint density at radius 2 is 1.76 bits per heavy atom. The molecule has 0 aromatic heterocycles. The summed E-state index contributed by atoms with van der Waals surface area (Å²) in [5, 5.41) is 10.3. The number of likely N-dealkylation sites (N-methyl/N-ethyl adjacent to an activating group) is 1. The number of aliphatic hydroxyl groups excluding tert-OH is 1. The van der Waals surface area contributed by atoms with Crippen molar-refractivity contribution < 1.29 is 9.84 Å². The summed E-state index contributed by atoms with van der Waals surface area (Å²) in [5.74, 6) is 3.25. The minimum absolute atomic E-state index is 0.364. The van der Waals surface area contributed by atoms with Crippen LogP contribution < -0.4 is 4.74 Å². The second-order valence-corrected chi connectivity index (χ2v) is 8.29. The van der Waals surface area contributed by atoms with Crippen molar-refractivity contribution in [2.45, 2.75) is 12.6 Å². The van der Waals surface area contributed by atoms with Crippen LogP contribution in [0, 0.1) is 0 Å². The average molecular weight is 366 g/mol. The van der Waals surface area contributed by atoms with Gasteiger partial charge in [-0.3, -0.25) is 9.80 Å². The van der Waals surface area contributed by atoms with Crippen molar-refractivity contribution in [1.29, 1.82) is 0 Å². The number of aliphatic hydroxyl groups is 1. The number of hydrogen-bond acceptors (Lipinski definition) is 6. The van der Waals surface area contributed by atoms with Gasteiger partial charge in [0.2, 0.25) is 0 Å². The highest BCUT2D eigenvalue weighted by Gasteiger charge is 2.18. The summed E-state index contributed by atoms with van der Waals surface area (Å²) in [4.78, 5) is 7.18. The highest BCUT2D eigenvalue weighted by molar-refractivity contribution is 7.99. The van der Waals surface area contributed by atoms with Crippen LogP contribution >= 0.6 is 11.8 Å². The van der Waals surface area contributed by atoms with E-state index in [1.807, 2.05) is 23.9 Å². The van der Waals surface area contributed by atoms with E-state index in [0.29, 0.717) is 13.2 Å². The maximum absolute atomic E-state index is 10.3. The lowest BCUT2D eigenvalue weighted by Crippen LogP contribution is -2.44. The number of piperazine rings is 1. The lowest BCUT2D eigenvalue weighted by atomic mass is 10.1. The first-order chi connectivity index (χ1) is 12.2. The van der Waals surface area contributed by atoms with Crippen molar-refractivity contribution in [3.63, 3.8) is 0 Å². The van der Waals surface area contributed by atoms with Crippen LogP contribution in [0.4, 0.5) is 0 Å². The van der Waals surface area contributed by atoms with Gasteiger partial charge in [0, 0.05) is 69.4 Å². The summed E-state index contributed by atoms with van der Waals surface area (Å²) < 4.78 is 5.98. The zero-order valence-electron chi connectivity index (χ0n) is 15.3. The molecule has 2 heterocycles. The molecule has 2 fully saturated rings. The third-order valence-corrected chi connectivity index (χ3v) is 5.91. The van der Waals surface area contributed by atoms with Gasteiger partial charge in [0.25, 0.3) is 0 Å². The Morgan fingerprint density at radius 3 is 2.52 bits per heavy atom. The van der Waals surface area contributed by atoms with Gasteiger partial charge in [-0.05, 0) is 13.1 Å². The smallest absolute Gasteiger partial charge is 0.123 e. The lowest BCUT2D eigenvalue weighted by molar-refractivity contribution is 0.0705. The second kappa shape index (κ2) is 9.78. The number of nitrogens with zero attached hydrogens (tertiary/aromatic N) is 3. The van der Waals surface area contributed by atoms with Crippen LogP contribution in [0.25, 0.3) is 0 Å². The van der Waals surface area contributed by atoms with E-state index in [1.54, 1.807) is 0 Å². The Balaban J connectivity index is 1.48. The molecule has 0 saturated carbocycles. The fourth-order valence-corrected chi connectivity index (χ4v) is 4.32. The van der Waals surface area contributed by atoms with E-state index < -0.39 is 6.10 Å². The summed E-state index contributed by atoms with van der Waals surface area (Å²) in [6.45, 7) is 8.57. The number of hydrogen-bond donors (Lipinski definition) is 1. The highest BCUT2D eigenvalue weighted by Crippen LogP contribution is 2.21. The second-order valence-electron chi connectivity index (χ2n) is 7.06. The van der Waals surface area contributed by atoms with E-state index in [0.717, 1.165) is 51.6 Å². The molecule has 0 bridgehead atoms. The van der Waals surface area contributed by atoms with Crippen molar-refractivity contribution in [2.75, 3.05) is 71.0 Å². The molecule has 3 rings (SSSR count). The molecule has 6 heteroatoms. The van der Waals surface area contributed by atoms with E-state index in [9.17, 15) is 5.11 Å². The molecule has 5 nitrogen and oxygen atoms in total. The molecule has 0 aliphatic carbocycles. The Bertz CT molecular complexity index is 517. The van der Waals surface area contributed by atoms with Crippen LogP contribution in [0.1, 0.15) is 5.56 Å². The minimum atomic E-state index is -0.431. The number of ether oxygens (including phenoxy) is 1. The Labute approximate surface area is 155 Å². The molecule has 2 aliphatic rings. The van der Waals surface area contributed by atoms with Gasteiger partial charge in [0.15, 0.2) is 0 Å². The quantitative estimate of drug-likeness (QED) is 0.783. The molecule has 0 unspecified atom stereocenters. The molecule has 1 aromatic carbocycles.